The van der Waals surface area contributed by atoms with Crippen LogP contribution in [0.25, 0.3) is 0 Å². The molecule has 2 unspecified atom stereocenters. The lowest BCUT2D eigenvalue weighted by atomic mass is 10.0. The molecule has 19 heteroatoms. The lowest BCUT2D eigenvalue weighted by molar-refractivity contribution is -0.161. The van der Waals surface area contributed by atoms with Crippen molar-refractivity contribution in [3.8, 4) is 0 Å². The Morgan fingerprint density at radius 1 is 0.250 bits per heavy atom. The van der Waals surface area contributed by atoms with Gasteiger partial charge in [0.15, 0.2) is 12.2 Å². The van der Waals surface area contributed by atoms with E-state index in [1.165, 1.54) is 295 Å². The molecule has 0 aromatic rings. The molecule has 0 amide bonds. The fourth-order valence-corrected chi connectivity index (χ4v) is 15.5. The van der Waals surface area contributed by atoms with E-state index in [9.17, 15) is 43.2 Å². The molecule has 0 radical (unpaired) electrons. The van der Waals surface area contributed by atoms with E-state index in [-0.39, 0.29) is 25.7 Å². The first-order valence-corrected chi connectivity index (χ1v) is 49.0. The molecule has 0 aliphatic rings. The molecular formula is C89H174O17P2. The van der Waals surface area contributed by atoms with Crippen LogP contribution in [0.5, 0.6) is 0 Å². The first kappa shape index (κ1) is 106. The van der Waals surface area contributed by atoms with Crippen LogP contribution in [0.15, 0.2) is 0 Å². The third kappa shape index (κ3) is 82.1. The van der Waals surface area contributed by atoms with Gasteiger partial charge in [0.25, 0.3) is 0 Å². The minimum Gasteiger partial charge on any atom is -0.462 e. The third-order valence-electron chi connectivity index (χ3n) is 21.0. The SMILES string of the molecule is CCCCCCCCCCCCCCCCCCCC(=O)O[C@H](COC(=O)CCCCCCCCCCCCCCC)COP(=O)(O)OC[C@H](O)COP(=O)(O)OC[C@@H](COC(=O)CCCCCCCCCCCCCCCCC(C)C)OC(=O)CCCCCCCCCCCCCCCCCCCCC(C)C. The molecule has 0 aliphatic carbocycles. The summed E-state index contributed by atoms with van der Waals surface area (Å²) in [6.45, 7) is 9.76. The highest BCUT2D eigenvalue weighted by Crippen LogP contribution is 2.45. The third-order valence-corrected chi connectivity index (χ3v) is 22.9. The molecule has 0 rings (SSSR count). The highest BCUT2D eigenvalue weighted by atomic mass is 31.2. The quantitative estimate of drug-likeness (QED) is 0.0222. The van der Waals surface area contributed by atoms with Gasteiger partial charge in [0, 0.05) is 25.7 Å². The van der Waals surface area contributed by atoms with Crippen molar-refractivity contribution in [2.45, 2.75) is 496 Å². The number of hydrogen-bond donors (Lipinski definition) is 3. The maximum absolute atomic E-state index is 13.2. The topological polar surface area (TPSA) is 237 Å². The molecule has 0 heterocycles. The zero-order valence-electron chi connectivity index (χ0n) is 71.2. The van der Waals surface area contributed by atoms with Crippen LogP contribution < -0.4 is 0 Å². The molecule has 0 saturated heterocycles. The summed E-state index contributed by atoms with van der Waals surface area (Å²) in [7, 11) is -9.93. The Balaban J connectivity index is 5.26. The number of ether oxygens (including phenoxy) is 4. The number of carbonyl (C=O) groups is 4. The first-order valence-electron chi connectivity index (χ1n) is 46.0. The maximum atomic E-state index is 13.2. The molecule has 3 N–H and O–H groups in total. The number of aliphatic hydroxyl groups is 1. The number of hydrogen-bond acceptors (Lipinski definition) is 15. The van der Waals surface area contributed by atoms with Gasteiger partial charge in [-0.25, -0.2) is 9.13 Å². The van der Waals surface area contributed by atoms with Gasteiger partial charge in [-0.15, -0.1) is 0 Å². The molecule has 0 fully saturated rings. The molecule has 642 valence electrons. The summed E-state index contributed by atoms with van der Waals surface area (Å²) >= 11 is 0. The van der Waals surface area contributed by atoms with Crippen molar-refractivity contribution in [3.05, 3.63) is 0 Å². The second-order valence-electron chi connectivity index (χ2n) is 32.9. The van der Waals surface area contributed by atoms with Crippen molar-refractivity contribution in [2.24, 2.45) is 11.8 Å². The summed E-state index contributed by atoms with van der Waals surface area (Å²) in [6.07, 6.45) is 73.5. The van der Waals surface area contributed by atoms with Crippen molar-refractivity contribution in [1.29, 1.82) is 0 Å². The van der Waals surface area contributed by atoms with Crippen molar-refractivity contribution in [3.63, 3.8) is 0 Å². The van der Waals surface area contributed by atoms with E-state index in [1.807, 2.05) is 0 Å². The Morgan fingerprint density at radius 2 is 0.426 bits per heavy atom. The van der Waals surface area contributed by atoms with Crippen LogP contribution in [0.4, 0.5) is 0 Å². The van der Waals surface area contributed by atoms with Gasteiger partial charge < -0.3 is 33.8 Å². The average molecular weight is 1580 g/mol. The lowest BCUT2D eigenvalue weighted by Crippen LogP contribution is -2.30. The van der Waals surface area contributed by atoms with Crippen LogP contribution in [0, 0.1) is 11.8 Å². The van der Waals surface area contributed by atoms with E-state index in [4.69, 9.17) is 37.0 Å². The van der Waals surface area contributed by atoms with Crippen LogP contribution in [-0.4, -0.2) is 96.7 Å². The first-order chi connectivity index (χ1) is 52.4. The standard InChI is InChI=1S/C89H174O17P2/c1-7-9-11-13-15-17-19-21-22-25-29-37-43-49-55-61-67-73-88(93)105-84(77-99-86(91)71-65-59-53-47-41-33-20-18-16-14-12-10-8-2)79-103-107(95,96)101-75-83(90)76-102-108(97,98)104-80-85(78-100-87(92)72-66-60-54-48-42-36-32-31-35-40-46-52-58-64-70-82(5)6)106-89(94)74-68-62-56-50-44-38-30-27-24-23-26-28-34-39-45-51-57-63-69-81(3)4/h81-85,90H,7-80H2,1-6H3,(H,95,96)(H,97,98)/t83-,84+,85+/m0/s1. The number of esters is 4. The van der Waals surface area contributed by atoms with E-state index >= 15 is 0 Å². The Morgan fingerprint density at radius 3 is 0.630 bits per heavy atom. The summed E-state index contributed by atoms with van der Waals surface area (Å²) in [4.78, 5) is 73.4. The zero-order chi connectivity index (χ0) is 79.2. The van der Waals surface area contributed by atoms with Crippen molar-refractivity contribution < 1.29 is 80.2 Å². The predicted molar refractivity (Wildman–Crippen MR) is 446 cm³/mol. The van der Waals surface area contributed by atoms with Crippen LogP contribution in [0.2, 0.25) is 0 Å². The number of carbonyl (C=O) groups excluding carboxylic acids is 4. The normalized spacial score (nSPS) is 13.8. The van der Waals surface area contributed by atoms with E-state index < -0.39 is 97.5 Å². The van der Waals surface area contributed by atoms with Gasteiger partial charge in [0.05, 0.1) is 26.4 Å². The Hall–Kier alpha value is -1.94. The summed E-state index contributed by atoms with van der Waals surface area (Å²) in [5.41, 5.74) is 0. The van der Waals surface area contributed by atoms with Crippen LogP contribution in [0.3, 0.4) is 0 Å². The molecule has 0 aromatic heterocycles. The summed E-state index contributed by atoms with van der Waals surface area (Å²) < 4.78 is 69.0. The van der Waals surface area contributed by atoms with Crippen LogP contribution in [0.1, 0.15) is 478 Å². The minimum absolute atomic E-state index is 0.109. The van der Waals surface area contributed by atoms with Crippen molar-refractivity contribution in [1.82, 2.24) is 0 Å². The Bertz CT molecular complexity index is 2060. The largest absolute Gasteiger partial charge is 0.472 e. The predicted octanol–water partition coefficient (Wildman–Crippen LogP) is 27.4. The summed E-state index contributed by atoms with van der Waals surface area (Å²) in [6, 6.07) is 0. The molecule has 0 spiro atoms. The number of aliphatic hydroxyl groups excluding tert-OH is 1. The molecular weight excluding hydrogens is 1400 g/mol. The molecule has 0 bridgehead atoms. The fourth-order valence-electron chi connectivity index (χ4n) is 14.0. The lowest BCUT2D eigenvalue weighted by Gasteiger charge is -2.21. The van der Waals surface area contributed by atoms with E-state index in [1.54, 1.807) is 0 Å². The van der Waals surface area contributed by atoms with E-state index in [0.717, 1.165) is 102 Å². The van der Waals surface area contributed by atoms with Gasteiger partial charge in [0.1, 0.15) is 19.3 Å². The van der Waals surface area contributed by atoms with Crippen molar-refractivity contribution in [2.75, 3.05) is 39.6 Å². The van der Waals surface area contributed by atoms with Crippen LogP contribution in [-0.2, 0) is 65.4 Å². The molecule has 0 saturated carbocycles. The Labute approximate surface area is 664 Å². The smallest absolute Gasteiger partial charge is 0.462 e. The van der Waals surface area contributed by atoms with Gasteiger partial charge in [-0.05, 0) is 37.5 Å². The average Bonchev–Trinajstić information content (AvgIpc) is 1.26. The number of phosphoric ester groups is 2. The van der Waals surface area contributed by atoms with Gasteiger partial charge in [-0.3, -0.25) is 37.3 Å². The minimum atomic E-state index is -4.97. The zero-order valence-corrected chi connectivity index (χ0v) is 73.0. The second-order valence-corrected chi connectivity index (χ2v) is 35.8. The Kier molecular flexibility index (Phi) is 78.8. The van der Waals surface area contributed by atoms with Gasteiger partial charge in [0.2, 0.25) is 0 Å². The van der Waals surface area contributed by atoms with Gasteiger partial charge in [-0.2, -0.15) is 0 Å². The fraction of sp³-hybridized carbons (Fsp3) is 0.955. The molecule has 17 nitrogen and oxygen atoms in total. The molecule has 0 aromatic carbocycles. The number of unbranched alkanes of at least 4 members (excludes halogenated alkanes) is 58. The van der Waals surface area contributed by atoms with E-state index in [2.05, 4.69) is 41.5 Å². The van der Waals surface area contributed by atoms with E-state index in [0.29, 0.717) is 25.7 Å². The van der Waals surface area contributed by atoms with Crippen LogP contribution >= 0.6 is 15.6 Å². The monoisotopic (exact) mass is 1580 g/mol. The molecule has 0 aliphatic heterocycles. The summed E-state index contributed by atoms with van der Waals surface area (Å²) in [5, 5.41) is 10.7. The molecule has 5 atom stereocenters. The second kappa shape index (κ2) is 80.3. The van der Waals surface area contributed by atoms with Gasteiger partial charge >= 0.3 is 39.5 Å². The number of rotatable bonds is 88. The highest BCUT2D eigenvalue weighted by Gasteiger charge is 2.31. The van der Waals surface area contributed by atoms with Crippen molar-refractivity contribution >= 4 is 39.5 Å². The molecule has 108 heavy (non-hydrogen) atoms. The summed E-state index contributed by atoms with van der Waals surface area (Å²) in [5.74, 6) is -0.476. The highest BCUT2D eigenvalue weighted by molar-refractivity contribution is 7.47. The van der Waals surface area contributed by atoms with Gasteiger partial charge in [-0.1, -0.05) is 427 Å². The number of phosphoric acid groups is 2. The maximum Gasteiger partial charge on any atom is 0.472 e.